The van der Waals surface area contributed by atoms with Crippen molar-refractivity contribution in [3.05, 3.63) is 23.5 Å². The molecule has 0 spiro atoms. The molecule has 1 heterocycles. The third-order valence-corrected chi connectivity index (χ3v) is 4.20. The molecule has 0 aliphatic heterocycles. The number of carbonyl (C=O) groups excluding carboxylic acids is 2. The van der Waals surface area contributed by atoms with E-state index in [0.29, 0.717) is 0 Å². The molecule has 2 rings (SSSR count). The van der Waals surface area contributed by atoms with Gasteiger partial charge in [0.1, 0.15) is 11.3 Å². The van der Waals surface area contributed by atoms with Gasteiger partial charge in [0.05, 0.1) is 11.8 Å². The molecule has 2 aromatic rings. The standard InChI is InChI=1S/C14H17N3O5S/c1-8-15-13-11(17(8)23(5,20)21)6-10(14(19)16(3)4)7-12(13)22-9(2)18/h6-7H,1-5H3. The lowest BCUT2D eigenvalue weighted by Gasteiger charge is -2.12. The van der Waals surface area contributed by atoms with Gasteiger partial charge in [-0.3, -0.25) is 9.59 Å². The van der Waals surface area contributed by atoms with Crippen molar-refractivity contribution in [1.29, 1.82) is 0 Å². The monoisotopic (exact) mass is 339 g/mol. The Kier molecular flexibility index (Phi) is 4.16. The van der Waals surface area contributed by atoms with Crippen LogP contribution in [0.4, 0.5) is 0 Å². The molecule has 9 heteroatoms. The average Bonchev–Trinajstić information content (AvgIpc) is 2.73. The van der Waals surface area contributed by atoms with E-state index in [1.54, 1.807) is 14.1 Å². The maximum atomic E-state index is 12.2. The Morgan fingerprint density at radius 1 is 1.26 bits per heavy atom. The molecule has 0 radical (unpaired) electrons. The molecule has 0 atom stereocenters. The number of hydrogen-bond acceptors (Lipinski definition) is 6. The van der Waals surface area contributed by atoms with E-state index in [2.05, 4.69) is 4.98 Å². The molecule has 1 aromatic carbocycles. The van der Waals surface area contributed by atoms with Crippen LogP contribution in [0.25, 0.3) is 11.0 Å². The topological polar surface area (TPSA) is 98.6 Å². The van der Waals surface area contributed by atoms with Crippen LogP contribution in [0.15, 0.2) is 12.1 Å². The van der Waals surface area contributed by atoms with Crippen molar-refractivity contribution in [3.8, 4) is 5.75 Å². The first-order valence-corrected chi connectivity index (χ1v) is 8.51. The molecule has 0 bridgehead atoms. The molecule has 0 saturated carbocycles. The van der Waals surface area contributed by atoms with Gasteiger partial charge in [-0.1, -0.05) is 0 Å². The summed E-state index contributed by atoms with van der Waals surface area (Å²) < 4.78 is 30.1. The Hall–Kier alpha value is -2.42. The van der Waals surface area contributed by atoms with Crippen LogP contribution in [0.2, 0.25) is 0 Å². The van der Waals surface area contributed by atoms with Crippen LogP contribution in [-0.2, 0) is 14.8 Å². The van der Waals surface area contributed by atoms with E-state index in [1.165, 1.54) is 30.9 Å². The number of esters is 1. The van der Waals surface area contributed by atoms with Crippen molar-refractivity contribution in [1.82, 2.24) is 13.9 Å². The molecule has 0 aliphatic rings. The number of carbonyl (C=O) groups is 2. The first-order chi connectivity index (χ1) is 10.5. The van der Waals surface area contributed by atoms with Gasteiger partial charge in [0, 0.05) is 26.6 Å². The lowest BCUT2D eigenvalue weighted by atomic mass is 10.1. The third-order valence-electron chi connectivity index (χ3n) is 3.08. The van der Waals surface area contributed by atoms with Crippen molar-refractivity contribution in [2.75, 3.05) is 20.4 Å². The van der Waals surface area contributed by atoms with Crippen LogP contribution in [0.1, 0.15) is 23.1 Å². The quantitative estimate of drug-likeness (QED) is 0.605. The summed E-state index contributed by atoms with van der Waals surface area (Å²) in [6.07, 6.45) is 1.03. The second kappa shape index (κ2) is 5.65. The van der Waals surface area contributed by atoms with E-state index in [1.807, 2.05) is 0 Å². The lowest BCUT2D eigenvalue weighted by Crippen LogP contribution is -2.22. The average molecular weight is 339 g/mol. The fourth-order valence-corrected chi connectivity index (χ4v) is 3.29. The smallest absolute Gasteiger partial charge is 0.308 e. The third kappa shape index (κ3) is 3.19. The first-order valence-electron chi connectivity index (χ1n) is 6.66. The zero-order valence-corrected chi connectivity index (χ0v) is 14.3. The number of ether oxygens (including phenoxy) is 1. The van der Waals surface area contributed by atoms with Crippen LogP contribution in [0, 0.1) is 6.92 Å². The first kappa shape index (κ1) is 16.9. The van der Waals surface area contributed by atoms with Crippen molar-refractivity contribution >= 4 is 32.9 Å². The van der Waals surface area contributed by atoms with Crippen molar-refractivity contribution in [2.45, 2.75) is 13.8 Å². The second-order valence-electron chi connectivity index (χ2n) is 5.32. The molecule has 23 heavy (non-hydrogen) atoms. The van der Waals surface area contributed by atoms with Gasteiger partial charge < -0.3 is 9.64 Å². The van der Waals surface area contributed by atoms with Gasteiger partial charge in [-0.2, -0.15) is 0 Å². The molecular formula is C14H17N3O5S. The molecule has 1 amide bonds. The maximum absolute atomic E-state index is 12.2. The number of fused-ring (bicyclic) bond motifs is 1. The van der Waals surface area contributed by atoms with E-state index >= 15 is 0 Å². The van der Waals surface area contributed by atoms with Gasteiger partial charge in [-0.05, 0) is 19.1 Å². The number of benzene rings is 1. The largest absolute Gasteiger partial charge is 0.424 e. The minimum Gasteiger partial charge on any atom is -0.424 e. The number of aryl methyl sites for hydroxylation is 1. The van der Waals surface area contributed by atoms with Crippen LogP contribution >= 0.6 is 0 Å². The van der Waals surface area contributed by atoms with E-state index in [4.69, 9.17) is 4.74 Å². The summed E-state index contributed by atoms with van der Waals surface area (Å²) in [6.45, 7) is 2.73. The number of amides is 1. The van der Waals surface area contributed by atoms with Crippen molar-refractivity contribution in [3.63, 3.8) is 0 Å². The van der Waals surface area contributed by atoms with Crippen LogP contribution < -0.4 is 4.74 Å². The Bertz CT molecular complexity index is 912. The summed E-state index contributed by atoms with van der Waals surface area (Å²) in [5.74, 6) is -0.678. The van der Waals surface area contributed by atoms with Crippen molar-refractivity contribution in [2.24, 2.45) is 0 Å². The van der Waals surface area contributed by atoms with E-state index in [-0.39, 0.29) is 34.1 Å². The molecule has 8 nitrogen and oxygen atoms in total. The predicted octanol–water partition coefficient (Wildman–Crippen LogP) is 0.780. The molecule has 1 aromatic heterocycles. The minimum absolute atomic E-state index is 0.0469. The summed E-state index contributed by atoms with van der Waals surface area (Å²) in [5.41, 5.74) is 0.593. The van der Waals surface area contributed by atoms with Crippen LogP contribution in [0.3, 0.4) is 0 Å². The molecule has 0 unspecified atom stereocenters. The Labute approximate surface area is 133 Å². The van der Waals surface area contributed by atoms with Crippen molar-refractivity contribution < 1.29 is 22.7 Å². The number of hydrogen-bond donors (Lipinski definition) is 0. The van der Waals surface area contributed by atoms with Gasteiger partial charge in [0.25, 0.3) is 5.91 Å². The molecule has 0 fully saturated rings. The fraction of sp³-hybridized carbons (Fsp3) is 0.357. The van der Waals surface area contributed by atoms with E-state index in [9.17, 15) is 18.0 Å². The lowest BCUT2D eigenvalue weighted by molar-refractivity contribution is -0.131. The predicted molar refractivity (Wildman–Crippen MR) is 84.0 cm³/mol. The minimum atomic E-state index is -3.64. The summed E-state index contributed by atoms with van der Waals surface area (Å²) in [7, 11) is -0.503. The molecular weight excluding hydrogens is 322 g/mol. The number of imidazole rings is 1. The highest BCUT2D eigenvalue weighted by molar-refractivity contribution is 7.89. The van der Waals surface area contributed by atoms with E-state index < -0.39 is 16.0 Å². The SMILES string of the molecule is CC(=O)Oc1cc(C(=O)N(C)C)cc2c1nc(C)n2S(C)(=O)=O. The number of nitrogens with zero attached hydrogens (tertiary/aromatic N) is 3. The van der Waals surface area contributed by atoms with Gasteiger partial charge >= 0.3 is 5.97 Å². The molecule has 0 N–H and O–H groups in total. The summed E-state index contributed by atoms with van der Waals surface area (Å²) >= 11 is 0. The number of aromatic nitrogens is 2. The summed E-state index contributed by atoms with van der Waals surface area (Å²) in [5, 5.41) is 0. The summed E-state index contributed by atoms with van der Waals surface area (Å²) in [6, 6.07) is 2.80. The zero-order chi connectivity index (χ0) is 17.5. The zero-order valence-electron chi connectivity index (χ0n) is 13.4. The molecule has 0 saturated heterocycles. The highest BCUT2D eigenvalue weighted by Crippen LogP contribution is 2.29. The highest BCUT2D eigenvalue weighted by atomic mass is 32.2. The molecule has 0 aliphatic carbocycles. The fourth-order valence-electron chi connectivity index (χ4n) is 2.27. The highest BCUT2D eigenvalue weighted by Gasteiger charge is 2.22. The molecule has 124 valence electrons. The van der Waals surface area contributed by atoms with Crippen LogP contribution in [-0.4, -0.2) is 54.5 Å². The van der Waals surface area contributed by atoms with Gasteiger partial charge in [-0.25, -0.2) is 17.4 Å². The Morgan fingerprint density at radius 2 is 1.87 bits per heavy atom. The number of rotatable bonds is 3. The Balaban J connectivity index is 2.88. The van der Waals surface area contributed by atoms with Gasteiger partial charge in [-0.15, -0.1) is 0 Å². The second-order valence-corrected chi connectivity index (χ2v) is 7.15. The normalized spacial score (nSPS) is 11.5. The summed E-state index contributed by atoms with van der Waals surface area (Å²) in [4.78, 5) is 29.0. The van der Waals surface area contributed by atoms with Gasteiger partial charge in [0.15, 0.2) is 5.75 Å². The van der Waals surface area contributed by atoms with Crippen LogP contribution in [0.5, 0.6) is 5.75 Å². The Morgan fingerprint density at radius 3 is 2.35 bits per heavy atom. The van der Waals surface area contributed by atoms with Gasteiger partial charge in [0.2, 0.25) is 10.0 Å². The van der Waals surface area contributed by atoms with E-state index in [0.717, 1.165) is 10.2 Å². The maximum Gasteiger partial charge on any atom is 0.308 e.